The van der Waals surface area contributed by atoms with Gasteiger partial charge in [-0.1, -0.05) is 24.3 Å². The summed E-state index contributed by atoms with van der Waals surface area (Å²) in [4.78, 5) is 13.1. The minimum absolute atomic E-state index is 0.0829. The van der Waals surface area contributed by atoms with Gasteiger partial charge in [0.1, 0.15) is 0 Å². The standard InChI is InChI=1S/C22H22N4O2S/c1-15-6-3-9-19(16(15)2)23-22(29)25-13-12-24-11-5-10-20(24)21(25)17-7-4-8-18(14-17)26(27)28/h3-11,14,21H,12-13H2,1-2H3,(H,23,29)/t21-/m0/s1. The fourth-order valence-electron chi connectivity index (χ4n) is 3.83. The van der Waals surface area contributed by atoms with Crippen molar-refractivity contribution < 1.29 is 4.92 Å². The monoisotopic (exact) mass is 406 g/mol. The van der Waals surface area contributed by atoms with Gasteiger partial charge in [-0.3, -0.25) is 10.1 Å². The first-order valence-electron chi connectivity index (χ1n) is 9.49. The van der Waals surface area contributed by atoms with Gasteiger partial charge in [-0.05, 0) is 61.0 Å². The molecule has 0 bridgehead atoms. The Morgan fingerprint density at radius 3 is 2.72 bits per heavy atom. The van der Waals surface area contributed by atoms with Crippen LogP contribution >= 0.6 is 12.2 Å². The average Bonchev–Trinajstić information content (AvgIpc) is 3.19. The van der Waals surface area contributed by atoms with Gasteiger partial charge in [-0.2, -0.15) is 0 Å². The molecule has 0 radical (unpaired) electrons. The Morgan fingerprint density at radius 1 is 1.14 bits per heavy atom. The maximum Gasteiger partial charge on any atom is 0.269 e. The highest BCUT2D eigenvalue weighted by Gasteiger charge is 2.31. The summed E-state index contributed by atoms with van der Waals surface area (Å²) in [6.45, 7) is 5.66. The van der Waals surface area contributed by atoms with E-state index in [1.54, 1.807) is 12.1 Å². The van der Waals surface area contributed by atoms with E-state index in [0.717, 1.165) is 29.1 Å². The molecule has 0 aliphatic carbocycles. The molecule has 1 atom stereocenters. The third-order valence-corrected chi connectivity index (χ3v) is 5.88. The van der Waals surface area contributed by atoms with Crippen molar-refractivity contribution in [3.05, 3.63) is 93.3 Å². The molecule has 2 aromatic carbocycles. The van der Waals surface area contributed by atoms with Gasteiger partial charge in [-0.25, -0.2) is 0 Å². The molecule has 6 nitrogen and oxygen atoms in total. The summed E-state index contributed by atoms with van der Waals surface area (Å²) >= 11 is 5.80. The van der Waals surface area contributed by atoms with Crippen molar-refractivity contribution in [3.63, 3.8) is 0 Å². The topological polar surface area (TPSA) is 63.3 Å². The van der Waals surface area contributed by atoms with Crippen LogP contribution in [0.15, 0.2) is 60.8 Å². The van der Waals surface area contributed by atoms with E-state index in [1.807, 2.05) is 30.5 Å². The second-order valence-corrected chi connectivity index (χ2v) is 7.64. The SMILES string of the molecule is Cc1cccc(NC(=S)N2CCn3cccc3[C@@H]2c2cccc([N+](=O)[O-])c2)c1C. The molecule has 7 heteroatoms. The maximum absolute atomic E-state index is 11.3. The molecule has 4 rings (SSSR count). The Morgan fingerprint density at radius 2 is 1.93 bits per heavy atom. The van der Waals surface area contributed by atoms with Crippen LogP contribution in [-0.4, -0.2) is 26.0 Å². The van der Waals surface area contributed by atoms with Crippen LogP contribution in [0.5, 0.6) is 0 Å². The normalized spacial score (nSPS) is 15.7. The van der Waals surface area contributed by atoms with Gasteiger partial charge in [-0.15, -0.1) is 0 Å². The van der Waals surface area contributed by atoms with Crippen LogP contribution in [0.1, 0.15) is 28.4 Å². The predicted octanol–water partition coefficient (Wildman–Crippen LogP) is 4.82. The van der Waals surface area contributed by atoms with E-state index in [-0.39, 0.29) is 16.7 Å². The minimum atomic E-state index is -0.359. The highest BCUT2D eigenvalue weighted by molar-refractivity contribution is 7.80. The molecule has 1 N–H and O–H groups in total. The molecule has 0 fully saturated rings. The molecule has 0 saturated heterocycles. The number of rotatable bonds is 3. The molecular formula is C22H22N4O2S. The first-order chi connectivity index (χ1) is 14.0. The largest absolute Gasteiger partial charge is 0.348 e. The van der Waals surface area contributed by atoms with Gasteiger partial charge in [0, 0.05) is 42.8 Å². The highest BCUT2D eigenvalue weighted by atomic mass is 32.1. The first kappa shape index (κ1) is 19.1. The van der Waals surface area contributed by atoms with E-state index in [9.17, 15) is 10.1 Å². The van der Waals surface area contributed by atoms with E-state index in [2.05, 4.69) is 40.8 Å². The fourth-order valence-corrected chi connectivity index (χ4v) is 4.14. The third-order valence-electron chi connectivity index (χ3n) is 5.54. The van der Waals surface area contributed by atoms with Crippen molar-refractivity contribution in [2.75, 3.05) is 11.9 Å². The second kappa shape index (κ2) is 7.67. The summed E-state index contributed by atoms with van der Waals surface area (Å²) in [5, 5.41) is 15.3. The number of nitro benzene ring substituents is 1. The summed E-state index contributed by atoms with van der Waals surface area (Å²) in [7, 11) is 0. The zero-order chi connectivity index (χ0) is 20.5. The molecule has 3 aromatic rings. The Balaban J connectivity index is 1.72. The first-order valence-corrected chi connectivity index (χ1v) is 9.90. The van der Waals surface area contributed by atoms with Gasteiger partial charge in [0.15, 0.2) is 5.11 Å². The number of benzene rings is 2. The van der Waals surface area contributed by atoms with Gasteiger partial charge in [0.05, 0.1) is 11.0 Å². The Kier molecular flexibility index (Phi) is 5.07. The molecule has 0 unspecified atom stereocenters. The van der Waals surface area contributed by atoms with Crippen LogP contribution in [0.3, 0.4) is 0 Å². The van der Waals surface area contributed by atoms with Crippen LogP contribution in [-0.2, 0) is 6.54 Å². The molecule has 0 saturated carbocycles. The predicted molar refractivity (Wildman–Crippen MR) is 118 cm³/mol. The van der Waals surface area contributed by atoms with Crippen LogP contribution in [0.4, 0.5) is 11.4 Å². The molecule has 1 aliphatic heterocycles. The maximum atomic E-state index is 11.3. The summed E-state index contributed by atoms with van der Waals surface area (Å²) < 4.78 is 2.18. The Bertz CT molecular complexity index is 1090. The van der Waals surface area contributed by atoms with Crippen molar-refractivity contribution in [3.8, 4) is 0 Å². The van der Waals surface area contributed by atoms with Gasteiger partial charge >= 0.3 is 0 Å². The number of hydrogen-bond donors (Lipinski definition) is 1. The van der Waals surface area contributed by atoms with Gasteiger partial charge in [0.2, 0.25) is 0 Å². The van der Waals surface area contributed by atoms with Crippen molar-refractivity contribution in [2.24, 2.45) is 0 Å². The van der Waals surface area contributed by atoms with Crippen molar-refractivity contribution >= 4 is 28.7 Å². The molecule has 148 valence electrons. The molecule has 1 aromatic heterocycles. The van der Waals surface area contributed by atoms with Crippen molar-refractivity contribution in [1.29, 1.82) is 0 Å². The van der Waals surface area contributed by atoms with E-state index < -0.39 is 0 Å². The molecular weight excluding hydrogens is 384 g/mol. The Hall–Kier alpha value is -3.19. The van der Waals surface area contributed by atoms with Crippen LogP contribution in [0, 0.1) is 24.0 Å². The molecule has 0 amide bonds. The Labute approximate surface area is 174 Å². The zero-order valence-corrected chi connectivity index (χ0v) is 17.1. The number of nitro groups is 1. The van der Waals surface area contributed by atoms with Crippen molar-refractivity contribution in [2.45, 2.75) is 26.4 Å². The number of aryl methyl sites for hydroxylation is 1. The lowest BCUT2D eigenvalue weighted by Gasteiger charge is -2.39. The van der Waals surface area contributed by atoms with E-state index in [0.29, 0.717) is 11.7 Å². The molecule has 0 spiro atoms. The fraction of sp³-hybridized carbons (Fsp3) is 0.227. The average molecular weight is 407 g/mol. The quantitative estimate of drug-likeness (QED) is 0.384. The van der Waals surface area contributed by atoms with E-state index in [4.69, 9.17) is 12.2 Å². The highest BCUT2D eigenvalue weighted by Crippen LogP contribution is 2.34. The number of non-ortho nitro benzene ring substituents is 1. The third kappa shape index (κ3) is 3.61. The lowest BCUT2D eigenvalue weighted by atomic mass is 9.99. The van der Waals surface area contributed by atoms with Gasteiger partial charge < -0.3 is 14.8 Å². The van der Waals surface area contributed by atoms with Crippen LogP contribution < -0.4 is 5.32 Å². The lowest BCUT2D eigenvalue weighted by molar-refractivity contribution is -0.384. The summed E-state index contributed by atoms with van der Waals surface area (Å²) in [5.41, 5.74) is 5.33. The number of aromatic nitrogens is 1. The molecule has 2 heterocycles. The number of nitrogens with one attached hydrogen (secondary N) is 1. The van der Waals surface area contributed by atoms with E-state index >= 15 is 0 Å². The second-order valence-electron chi connectivity index (χ2n) is 7.25. The number of nitrogens with zero attached hydrogens (tertiary/aromatic N) is 3. The minimum Gasteiger partial charge on any atom is -0.348 e. The van der Waals surface area contributed by atoms with Crippen molar-refractivity contribution in [1.82, 2.24) is 9.47 Å². The van der Waals surface area contributed by atoms with Crippen LogP contribution in [0.2, 0.25) is 0 Å². The summed E-state index contributed by atoms with van der Waals surface area (Å²) in [5.74, 6) is 0. The smallest absolute Gasteiger partial charge is 0.269 e. The lowest BCUT2D eigenvalue weighted by Crippen LogP contribution is -2.44. The number of hydrogen-bond acceptors (Lipinski definition) is 3. The van der Waals surface area contributed by atoms with Gasteiger partial charge in [0.25, 0.3) is 5.69 Å². The summed E-state index contributed by atoms with van der Waals surface area (Å²) in [6, 6.07) is 16.8. The molecule has 29 heavy (non-hydrogen) atoms. The van der Waals surface area contributed by atoms with E-state index in [1.165, 1.54) is 11.6 Å². The number of anilines is 1. The summed E-state index contributed by atoms with van der Waals surface area (Å²) in [6.07, 6.45) is 2.04. The zero-order valence-electron chi connectivity index (χ0n) is 16.3. The number of fused-ring (bicyclic) bond motifs is 1. The van der Waals surface area contributed by atoms with Crippen LogP contribution in [0.25, 0.3) is 0 Å². The molecule has 1 aliphatic rings. The number of thiocarbonyl (C=S) groups is 1.